The maximum absolute atomic E-state index is 11.1. The molecule has 2 heterocycles. The Kier molecular flexibility index (Phi) is 1.59. The minimum atomic E-state index is -0.0646. The molecule has 0 saturated carbocycles. The van der Waals surface area contributed by atoms with Crippen LogP contribution in [0.25, 0.3) is 16.4 Å². The monoisotopic (exact) mass is 196 g/mol. The molecule has 0 radical (unpaired) electrons. The molecule has 3 heteroatoms. The van der Waals surface area contributed by atoms with Crippen molar-refractivity contribution in [1.29, 1.82) is 0 Å². The van der Waals surface area contributed by atoms with Crippen LogP contribution in [0, 0.1) is 0 Å². The van der Waals surface area contributed by atoms with Gasteiger partial charge in [0.2, 0.25) is 5.43 Å². The SMILES string of the molecule is O=c1cnn2c(ccc3ccccc32)c1. The molecule has 0 bridgehead atoms. The van der Waals surface area contributed by atoms with Gasteiger partial charge in [-0.15, -0.1) is 0 Å². The summed E-state index contributed by atoms with van der Waals surface area (Å²) in [6.07, 6.45) is 1.33. The second-order valence-corrected chi connectivity index (χ2v) is 3.42. The van der Waals surface area contributed by atoms with Crippen molar-refractivity contribution in [2.24, 2.45) is 0 Å². The lowest BCUT2D eigenvalue weighted by Crippen LogP contribution is -2.04. The van der Waals surface area contributed by atoms with Crippen LogP contribution in [0.1, 0.15) is 0 Å². The van der Waals surface area contributed by atoms with Gasteiger partial charge in [-0.2, -0.15) is 5.10 Å². The van der Waals surface area contributed by atoms with Crippen molar-refractivity contribution in [2.75, 3.05) is 0 Å². The van der Waals surface area contributed by atoms with Gasteiger partial charge in [0.05, 0.1) is 17.2 Å². The summed E-state index contributed by atoms with van der Waals surface area (Å²) in [7, 11) is 0. The van der Waals surface area contributed by atoms with Crippen molar-refractivity contribution in [3.8, 4) is 0 Å². The lowest BCUT2D eigenvalue weighted by molar-refractivity contribution is 0.956. The second-order valence-electron chi connectivity index (χ2n) is 3.42. The van der Waals surface area contributed by atoms with Crippen LogP contribution in [0.5, 0.6) is 0 Å². The van der Waals surface area contributed by atoms with Crippen LogP contribution in [0.4, 0.5) is 0 Å². The van der Waals surface area contributed by atoms with Gasteiger partial charge in [0.15, 0.2) is 0 Å². The van der Waals surface area contributed by atoms with E-state index in [-0.39, 0.29) is 5.43 Å². The molecule has 0 spiro atoms. The molecule has 0 N–H and O–H groups in total. The van der Waals surface area contributed by atoms with Crippen LogP contribution < -0.4 is 5.43 Å². The van der Waals surface area contributed by atoms with E-state index in [0.29, 0.717) is 0 Å². The molecular weight excluding hydrogens is 188 g/mol. The third-order valence-corrected chi connectivity index (χ3v) is 2.43. The average molecular weight is 196 g/mol. The van der Waals surface area contributed by atoms with Crippen LogP contribution in [-0.2, 0) is 0 Å². The topological polar surface area (TPSA) is 34.4 Å². The zero-order chi connectivity index (χ0) is 10.3. The Balaban J connectivity index is 2.60. The summed E-state index contributed by atoms with van der Waals surface area (Å²) in [4.78, 5) is 11.1. The molecule has 1 aromatic carbocycles. The standard InChI is InChI=1S/C12H8N2O/c15-11-7-10-6-5-9-3-1-2-4-12(9)14(10)13-8-11/h1-8H. The molecule has 3 nitrogen and oxygen atoms in total. The van der Waals surface area contributed by atoms with Crippen LogP contribution >= 0.6 is 0 Å². The lowest BCUT2D eigenvalue weighted by atomic mass is 10.2. The van der Waals surface area contributed by atoms with Crippen LogP contribution in [0.2, 0.25) is 0 Å². The quantitative estimate of drug-likeness (QED) is 0.514. The summed E-state index contributed by atoms with van der Waals surface area (Å²) in [6.45, 7) is 0. The van der Waals surface area contributed by atoms with E-state index in [1.165, 1.54) is 6.20 Å². The van der Waals surface area contributed by atoms with Gasteiger partial charge < -0.3 is 0 Å². The van der Waals surface area contributed by atoms with Crippen LogP contribution in [-0.4, -0.2) is 9.61 Å². The Morgan fingerprint density at radius 2 is 1.93 bits per heavy atom. The molecule has 0 amide bonds. The number of nitrogens with zero attached hydrogens (tertiary/aromatic N) is 2. The van der Waals surface area contributed by atoms with Crippen molar-refractivity contribution in [3.05, 3.63) is 58.9 Å². The largest absolute Gasteiger partial charge is 0.288 e. The number of hydrogen-bond acceptors (Lipinski definition) is 2. The van der Waals surface area contributed by atoms with E-state index in [4.69, 9.17) is 0 Å². The molecule has 0 aliphatic rings. The van der Waals surface area contributed by atoms with E-state index >= 15 is 0 Å². The summed E-state index contributed by atoms with van der Waals surface area (Å²) in [5.74, 6) is 0. The molecule has 2 aromatic heterocycles. The second kappa shape index (κ2) is 2.92. The zero-order valence-corrected chi connectivity index (χ0v) is 7.92. The molecule has 0 fully saturated rings. The minimum absolute atomic E-state index is 0.0646. The molecule has 15 heavy (non-hydrogen) atoms. The lowest BCUT2D eigenvalue weighted by Gasteiger charge is -2.03. The van der Waals surface area contributed by atoms with Crippen LogP contribution in [0.15, 0.2) is 53.5 Å². The number of pyridine rings is 1. The third-order valence-electron chi connectivity index (χ3n) is 2.43. The molecule has 3 rings (SSSR count). The fraction of sp³-hybridized carbons (Fsp3) is 0. The summed E-state index contributed by atoms with van der Waals surface area (Å²) in [5.41, 5.74) is 1.77. The van der Waals surface area contributed by atoms with Crippen molar-refractivity contribution in [3.63, 3.8) is 0 Å². The summed E-state index contributed by atoms with van der Waals surface area (Å²) >= 11 is 0. The maximum atomic E-state index is 11.1. The fourth-order valence-corrected chi connectivity index (χ4v) is 1.74. The highest BCUT2D eigenvalue weighted by molar-refractivity contribution is 5.81. The first-order chi connectivity index (χ1) is 7.34. The van der Waals surface area contributed by atoms with E-state index in [9.17, 15) is 4.79 Å². The number of benzene rings is 1. The first kappa shape index (κ1) is 8.17. The zero-order valence-electron chi connectivity index (χ0n) is 7.92. The van der Waals surface area contributed by atoms with Gasteiger partial charge >= 0.3 is 0 Å². The van der Waals surface area contributed by atoms with Gasteiger partial charge in [0.1, 0.15) is 0 Å². The number of hydrogen-bond donors (Lipinski definition) is 0. The van der Waals surface area contributed by atoms with Crippen molar-refractivity contribution >= 4 is 16.4 Å². The predicted octanol–water partition coefficient (Wildman–Crippen LogP) is 1.85. The molecule has 0 aliphatic heterocycles. The summed E-state index contributed by atoms with van der Waals surface area (Å²) in [5, 5.41) is 5.23. The van der Waals surface area contributed by atoms with Crippen molar-refractivity contribution < 1.29 is 0 Å². The molecule has 72 valence electrons. The highest BCUT2D eigenvalue weighted by Gasteiger charge is 1.98. The van der Waals surface area contributed by atoms with Crippen LogP contribution in [0.3, 0.4) is 0 Å². The minimum Gasteiger partial charge on any atom is -0.288 e. The Hall–Kier alpha value is -2.16. The van der Waals surface area contributed by atoms with E-state index < -0.39 is 0 Å². The smallest absolute Gasteiger partial charge is 0.200 e. The molecule has 0 atom stereocenters. The van der Waals surface area contributed by atoms with E-state index in [0.717, 1.165) is 16.4 Å². The molecular formula is C12H8N2O. The van der Waals surface area contributed by atoms with Crippen molar-refractivity contribution in [1.82, 2.24) is 9.61 Å². The number of aromatic nitrogens is 2. The Morgan fingerprint density at radius 1 is 1.07 bits per heavy atom. The Bertz CT molecular complexity index is 700. The van der Waals surface area contributed by atoms with Gasteiger partial charge in [-0.3, -0.25) is 4.79 Å². The molecule has 0 unspecified atom stereocenters. The Morgan fingerprint density at radius 3 is 2.87 bits per heavy atom. The normalized spacial score (nSPS) is 10.9. The maximum Gasteiger partial charge on any atom is 0.200 e. The fourth-order valence-electron chi connectivity index (χ4n) is 1.74. The van der Waals surface area contributed by atoms with E-state index in [2.05, 4.69) is 5.10 Å². The van der Waals surface area contributed by atoms with Gasteiger partial charge in [0.25, 0.3) is 0 Å². The number of fused-ring (bicyclic) bond motifs is 3. The predicted molar refractivity (Wildman–Crippen MR) is 59.0 cm³/mol. The molecule has 3 aromatic rings. The highest BCUT2D eigenvalue weighted by Crippen LogP contribution is 2.14. The van der Waals surface area contributed by atoms with E-state index in [1.54, 1.807) is 10.6 Å². The van der Waals surface area contributed by atoms with Gasteiger partial charge in [-0.1, -0.05) is 24.3 Å². The summed E-state index contributed by atoms with van der Waals surface area (Å²) in [6, 6.07) is 13.4. The third kappa shape index (κ3) is 1.21. The molecule has 0 aliphatic carbocycles. The van der Waals surface area contributed by atoms with Crippen molar-refractivity contribution in [2.45, 2.75) is 0 Å². The first-order valence-corrected chi connectivity index (χ1v) is 4.71. The van der Waals surface area contributed by atoms with Gasteiger partial charge in [0, 0.05) is 11.5 Å². The molecule has 0 saturated heterocycles. The summed E-state index contributed by atoms with van der Waals surface area (Å²) < 4.78 is 1.77. The Labute approximate surface area is 85.6 Å². The highest BCUT2D eigenvalue weighted by atomic mass is 16.1. The average Bonchev–Trinajstić information content (AvgIpc) is 2.28. The first-order valence-electron chi connectivity index (χ1n) is 4.71. The number of rotatable bonds is 0. The van der Waals surface area contributed by atoms with Gasteiger partial charge in [-0.25, -0.2) is 4.52 Å². The van der Waals surface area contributed by atoms with Gasteiger partial charge in [-0.05, 0) is 12.1 Å². The van der Waals surface area contributed by atoms with E-state index in [1.807, 2.05) is 36.4 Å². The number of para-hydroxylation sites is 1.